The predicted molar refractivity (Wildman–Crippen MR) is 82.5 cm³/mol. The summed E-state index contributed by atoms with van der Waals surface area (Å²) in [6.45, 7) is 4.03. The number of aliphatic hydroxyl groups is 1. The second-order valence-corrected chi connectivity index (χ2v) is 5.58. The van der Waals surface area contributed by atoms with Crippen LogP contribution in [-0.2, 0) is 0 Å². The second-order valence-electron chi connectivity index (χ2n) is 5.58. The van der Waals surface area contributed by atoms with Crippen LogP contribution in [0.3, 0.4) is 0 Å². The van der Waals surface area contributed by atoms with Gasteiger partial charge < -0.3 is 15.2 Å². The van der Waals surface area contributed by atoms with E-state index in [0.29, 0.717) is 17.9 Å². The highest BCUT2D eigenvalue weighted by atomic mass is 16.5. The van der Waals surface area contributed by atoms with Gasteiger partial charge in [-0.25, -0.2) is 0 Å². The maximum absolute atomic E-state index is 12.3. The molecule has 0 aliphatic heterocycles. The molecule has 2 N–H and O–H groups in total. The van der Waals surface area contributed by atoms with Crippen molar-refractivity contribution in [2.24, 2.45) is 0 Å². The van der Waals surface area contributed by atoms with Crippen molar-refractivity contribution in [3.63, 3.8) is 0 Å². The van der Waals surface area contributed by atoms with E-state index < -0.39 is 5.54 Å². The number of aliphatic hydroxyl groups excluding tert-OH is 1. The summed E-state index contributed by atoms with van der Waals surface area (Å²) in [4.78, 5) is 12.3. The molecule has 0 atom stereocenters. The lowest BCUT2D eigenvalue weighted by Crippen LogP contribution is -2.52. The first kappa shape index (κ1) is 15.6. The normalized spacial score (nSPS) is 17.0. The van der Waals surface area contributed by atoms with E-state index in [1.54, 1.807) is 30.3 Å². The van der Waals surface area contributed by atoms with Crippen LogP contribution < -0.4 is 10.1 Å². The van der Waals surface area contributed by atoms with Gasteiger partial charge >= 0.3 is 0 Å². The fraction of sp³-hybridized carbons (Fsp3) is 0.471. The zero-order valence-electron chi connectivity index (χ0n) is 12.3. The van der Waals surface area contributed by atoms with Crippen molar-refractivity contribution < 1.29 is 14.6 Å². The second kappa shape index (κ2) is 7.27. The molecule has 1 aromatic carbocycles. The van der Waals surface area contributed by atoms with Crippen LogP contribution in [0.15, 0.2) is 36.9 Å². The third-order valence-corrected chi connectivity index (χ3v) is 3.98. The SMILES string of the molecule is C=CCOc1ccc(C(=O)NC2(CO)CCCCC2)cc1. The quantitative estimate of drug-likeness (QED) is 0.792. The van der Waals surface area contributed by atoms with Crippen molar-refractivity contribution in [2.45, 2.75) is 37.6 Å². The van der Waals surface area contributed by atoms with Crippen LogP contribution in [0.1, 0.15) is 42.5 Å². The zero-order valence-corrected chi connectivity index (χ0v) is 12.3. The summed E-state index contributed by atoms with van der Waals surface area (Å²) in [5, 5.41) is 12.6. The Hall–Kier alpha value is -1.81. The lowest BCUT2D eigenvalue weighted by Gasteiger charge is -2.36. The molecule has 1 aliphatic rings. The largest absolute Gasteiger partial charge is 0.490 e. The number of rotatable bonds is 6. The molecule has 0 saturated heterocycles. The molecule has 0 bridgehead atoms. The zero-order chi connectivity index (χ0) is 15.1. The molecule has 0 aromatic heterocycles. The Labute approximate surface area is 125 Å². The third-order valence-electron chi connectivity index (χ3n) is 3.98. The molecule has 4 heteroatoms. The van der Waals surface area contributed by atoms with Gasteiger partial charge in [0, 0.05) is 5.56 Å². The summed E-state index contributed by atoms with van der Waals surface area (Å²) in [6, 6.07) is 7.01. The van der Waals surface area contributed by atoms with Crippen LogP contribution in [0, 0.1) is 0 Å². The molecule has 1 aromatic rings. The standard InChI is InChI=1S/C17H23NO3/c1-2-12-21-15-8-6-14(7-9-15)16(20)18-17(13-19)10-4-3-5-11-17/h2,6-9,19H,1,3-5,10-13H2,(H,18,20). The Balaban J connectivity index is 2.00. The molecule has 1 aliphatic carbocycles. The number of benzene rings is 1. The summed E-state index contributed by atoms with van der Waals surface area (Å²) in [5.74, 6) is 0.571. The van der Waals surface area contributed by atoms with Crippen molar-refractivity contribution >= 4 is 5.91 Å². The fourth-order valence-electron chi connectivity index (χ4n) is 2.72. The molecule has 1 saturated carbocycles. The van der Waals surface area contributed by atoms with Gasteiger partial charge in [-0.3, -0.25) is 4.79 Å². The molecular weight excluding hydrogens is 266 g/mol. The number of hydrogen-bond acceptors (Lipinski definition) is 3. The number of carbonyl (C=O) groups is 1. The van der Waals surface area contributed by atoms with Crippen molar-refractivity contribution in [2.75, 3.05) is 13.2 Å². The van der Waals surface area contributed by atoms with E-state index in [1.165, 1.54) is 6.42 Å². The number of amides is 1. The molecule has 1 amide bonds. The van der Waals surface area contributed by atoms with Crippen LogP contribution in [0.2, 0.25) is 0 Å². The highest BCUT2D eigenvalue weighted by Crippen LogP contribution is 2.28. The number of nitrogens with one attached hydrogen (secondary N) is 1. The van der Waals surface area contributed by atoms with E-state index in [-0.39, 0.29) is 12.5 Å². The van der Waals surface area contributed by atoms with E-state index >= 15 is 0 Å². The van der Waals surface area contributed by atoms with Gasteiger partial charge in [0.1, 0.15) is 12.4 Å². The average molecular weight is 289 g/mol. The number of ether oxygens (including phenoxy) is 1. The molecular formula is C17H23NO3. The predicted octanol–water partition coefficient (Wildman–Crippen LogP) is 2.68. The molecule has 114 valence electrons. The fourth-order valence-corrected chi connectivity index (χ4v) is 2.72. The van der Waals surface area contributed by atoms with Crippen LogP contribution in [0.5, 0.6) is 5.75 Å². The molecule has 1 fully saturated rings. The van der Waals surface area contributed by atoms with Crippen LogP contribution in [0.4, 0.5) is 0 Å². The number of hydrogen-bond donors (Lipinski definition) is 2. The lowest BCUT2D eigenvalue weighted by molar-refractivity contribution is 0.0758. The first-order valence-electron chi connectivity index (χ1n) is 7.46. The molecule has 0 heterocycles. The summed E-state index contributed by atoms with van der Waals surface area (Å²) >= 11 is 0. The minimum absolute atomic E-state index is 0.000725. The minimum atomic E-state index is -0.451. The first-order chi connectivity index (χ1) is 10.2. The topological polar surface area (TPSA) is 58.6 Å². The smallest absolute Gasteiger partial charge is 0.251 e. The Bertz CT molecular complexity index is 475. The molecule has 0 unspecified atom stereocenters. The summed E-state index contributed by atoms with van der Waals surface area (Å²) in [6.07, 6.45) is 6.64. The van der Waals surface area contributed by atoms with Gasteiger partial charge in [0.25, 0.3) is 5.91 Å². The van der Waals surface area contributed by atoms with Crippen molar-refractivity contribution in [1.82, 2.24) is 5.32 Å². The average Bonchev–Trinajstić information content (AvgIpc) is 2.54. The Kier molecular flexibility index (Phi) is 5.39. The molecule has 0 spiro atoms. The van der Waals surface area contributed by atoms with Gasteiger partial charge in [-0.15, -0.1) is 0 Å². The van der Waals surface area contributed by atoms with Gasteiger partial charge in [-0.05, 0) is 37.1 Å². The van der Waals surface area contributed by atoms with Gasteiger partial charge in [0.15, 0.2) is 0 Å². The summed E-state index contributed by atoms with van der Waals surface area (Å²) in [5.41, 5.74) is 0.132. The van der Waals surface area contributed by atoms with Crippen LogP contribution in [0.25, 0.3) is 0 Å². The van der Waals surface area contributed by atoms with Gasteiger partial charge in [-0.1, -0.05) is 31.9 Å². The van der Waals surface area contributed by atoms with E-state index in [9.17, 15) is 9.90 Å². The highest BCUT2D eigenvalue weighted by molar-refractivity contribution is 5.94. The molecule has 2 rings (SSSR count). The van der Waals surface area contributed by atoms with Gasteiger partial charge in [0.2, 0.25) is 0 Å². The minimum Gasteiger partial charge on any atom is -0.490 e. The molecule has 0 radical (unpaired) electrons. The Morgan fingerprint density at radius 2 is 1.95 bits per heavy atom. The van der Waals surface area contributed by atoms with E-state index in [2.05, 4.69) is 11.9 Å². The summed E-state index contributed by atoms with van der Waals surface area (Å²) < 4.78 is 5.39. The molecule has 4 nitrogen and oxygen atoms in total. The van der Waals surface area contributed by atoms with Crippen molar-refractivity contribution in [3.8, 4) is 5.75 Å². The van der Waals surface area contributed by atoms with Crippen LogP contribution >= 0.6 is 0 Å². The van der Waals surface area contributed by atoms with Crippen molar-refractivity contribution in [1.29, 1.82) is 0 Å². The first-order valence-corrected chi connectivity index (χ1v) is 7.46. The van der Waals surface area contributed by atoms with Gasteiger partial charge in [0.05, 0.1) is 12.1 Å². The third kappa shape index (κ3) is 4.08. The van der Waals surface area contributed by atoms with E-state index in [0.717, 1.165) is 25.7 Å². The lowest BCUT2D eigenvalue weighted by atomic mass is 9.82. The van der Waals surface area contributed by atoms with Crippen molar-refractivity contribution in [3.05, 3.63) is 42.5 Å². The van der Waals surface area contributed by atoms with E-state index in [4.69, 9.17) is 4.74 Å². The highest BCUT2D eigenvalue weighted by Gasteiger charge is 2.33. The van der Waals surface area contributed by atoms with Crippen LogP contribution in [-0.4, -0.2) is 29.8 Å². The van der Waals surface area contributed by atoms with Gasteiger partial charge in [-0.2, -0.15) is 0 Å². The van der Waals surface area contributed by atoms with E-state index in [1.807, 2.05) is 0 Å². The number of carbonyl (C=O) groups excluding carboxylic acids is 1. The Morgan fingerprint density at radius 1 is 1.29 bits per heavy atom. The monoisotopic (exact) mass is 289 g/mol. The summed E-state index contributed by atoms with van der Waals surface area (Å²) in [7, 11) is 0. The Morgan fingerprint density at radius 3 is 2.52 bits per heavy atom. The molecule has 21 heavy (non-hydrogen) atoms. The maximum Gasteiger partial charge on any atom is 0.251 e. The maximum atomic E-state index is 12.3.